The van der Waals surface area contributed by atoms with Crippen LogP contribution in [0.15, 0.2) is 0 Å². The van der Waals surface area contributed by atoms with E-state index in [-0.39, 0.29) is 18.3 Å². The van der Waals surface area contributed by atoms with E-state index >= 15 is 0 Å². The number of amides is 1. The first-order valence-electron chi connectivity index (χ1n) is 6.38. The number of hydrogen-bond acceptors (Lipinski definition) is 4. The molecule has 0 bridgehead atoms. The maximum atomic E-state index is 11.8. The van der Waals surface area contributed by atoms with Crippen LogP contribution >= 0.6 is 12.4 Å². The molecule has 2 N–H and O–H groups in total. The van der Waals surface area contributed by atoms with E-state index in [2.05, 4.69) is 18.7 Å². The van der Waals surface area contributed by atoms with Crippen LogP contribution in [0.4, 0.5) is 0 Å². The predicted molar refractivity (Wildman–Crippen MR) is 77.2 cm³/mol. The van der Waals surface area contributed by atoms with Crippen LogP contribution in [-0.4, -0.2) is 68.7 Å². The summed E-state index contributed by atoms with van der Waals surface area (Å²) in [5, 5.41) is 0. The molecular weight excluding hydrogens is 254 g/mol. The lowest BCUT2D eigenvalue weighted by Crippen LogP contribution is -2.40. The molecule has 0 rings (SSSR count). The third kappa shape index (κ3) is 8.69. The summed E-state index contributed by atoms with van der Waals surface area (Å²) in [6.45, 7) is 9.59. The number of ether oxygens (including phenoxy) is 1. The first kappa shape index (κ1) is 20.0. The third-order valence-corrected chi connectivity index (χ3v) is 2.86. The van der Waals surface area contributed by atoms with Crippen molar-refractivity contribution in [3.8, 4) is 0 Å². The zero-order valence-electron chi connectivity index (χ0n) is 11.9. The Labute approximate surface area is 117 Å². The van der Waals surface area contributed by atoms with Crippen molar-refractivity contribution in [2.24, 2.45) is 5.73 Å². The van der Waals surface area contributed by atoms with Gasteiger partial charge < -0.3 is 20.3 Å². The minimum absolute atomic E-state index is 0. The van der Waals surface area contributed by atoms with Gasteiger partial charge in [-0.25, -0.2) is 0 Å². The van der Waals surface area contributed by atoms with Gasteiger partial charge in [-0.3, -0.25) is 4.79 Å². The summed E-state index contributed by atoms with van der Waals surface area (Å²) in [6, 6.07) is 0. The first-order chi connectivity index (χ1) is 8.19. The Balaban J connectivity index is 0. The Hall–Kier alpha value is -0.360. The van der Waals surface area contributed by atoms with Gasteiger partial charge in [0.1, 0.15) is 0 Å². The minimum Gasteiger partial charge on any atom is -0.383 e. The highest BCUT2D eigenvalue weighted by Gasteiger charge is 2.13. The highest BCUT2D eigenvalue weighted by atomic mass is 35.5. The fourth-order valence-electron chi connectivity index (χ4n) is 1.65. The van der Waals surface area contributed by atoms with E-state index < -0.39 is 0 Å². The van der Waals surface area contributed by atoms with Crippen molar-refractivity contribution < 1.29 is 9.53 Å². The van der Waals surface area contributed by atoms with Gasteiger partial charge in [-0.1, -0.05) is 13.8 Å². The van der Waals surface area contributed by atoms with E-state index in [9.17, 15) is 4.79 Å². The largest absolute Gasteiger partial charge is 0.383 e. The summed E-state index contributed by atoms with van der Waals surface area (Å²) >= 11 is 0. The lowest BCUT2D eigenvalue weighted by Gasteiger charge is -2.26. The van der Waals surface area contributed by atoms with Gasteiger partial charge in [-0.2, -0.15) is 0 Å². The van der Waals surface area contributed by atoms with Crippen molar-refractivity contribution >= 4 is 18.3 Å². The Morgan fingerprint density at radius 2 is 1.78 bits per heavy atom. The molecule has 0 spiro atoms. The average Bonchev–Trinajstić information content (AvgIpc) is 2.34. The van der Waals surface area contributed by atoms with Gasteiger partial charge in [0.15, 0.2) is 0 Å². The molecule has 0 aromatic carbocycles. The van der Waals surface area contributed by atoms with Crippen LogP contribution in [-0.2, 0) is 9.53 Å². The smallest absolute Gasteiger partial charge is 0.223 e. The molecule has 0 radical (unpaired) electrons. The van der Waals surface area contributed by atoms with Crippen LogP contribution in [0.2, 0.25) is 0 Å². The molecule has 0 aromatic heterocycles. The summed E-state index contributed by atoms with van der Waals surface area (Å²) in [6.07, 6.45) is 0.419. The molecule has 5 nitrogen and oxygen atoms in total. The first-order valence-corrected chi connectivity index (χ1v) is 6.38. The summed E-state index contributed by atoms with van der Waals surface area (Å²) in [4.78, 5) is 16.0. The number of likely N-dealkylation sites (N-methyl/N-ethyl adjacent to an activating group) is 1. The topological polar surface area (TPSA) is 58.8 Å². The Morgan fingerprint density at radius 1 is 1.17 bits per heavy atom. The quantitative estimate of drug-likeness (QED) is 0.636. The van der Waals surface area contributed by atoms with Gasteiger partial charge in [-0.15, -0.1) is 12.4 Å². The predicted octanol–water partition coefficient (Wildman–Crippen LogP) is 0.574. The Morgan fingerprint density at radius 3 is 2.22 bits per heavy atom. The second kappa shape index (κ2) is 13.1. The fourth-order valence-corrected chi connectivity index (χ4v) is 1.65. The molecule has 0 atom stereocenters. The van der Waals surface area contributed by atoms with E-state index in [1.54, 1.807) is 7.11 Å². The molecule has 6 heteroatoms. The van der Waals surface area contributed by atoms with Crippen LogP contribution < -0.4 is 5.73 Å². The number of methoxy groups -OCH3 is 1. The van der Waals surface area contributed by atoms with Gasteiger partial charge >= 0.3 is 0 Å². The number of carbonyl (C=O) groups excluding carboxylic acids is 1. The van der Waals surface area contributed by atoms with Crippen molar-refractivity contribution in [3.63, 3.8) is 0 Å². The summed E-state index contributed by atoms with van der Waals surface area (Å²) in [7, 11) is 1.65. The average molecular weight is 282 g/mol. The van der Waals surface area contributed by atoms with Gasteiger partial charge in [0.25, 0.3) is 0 Å². The summed E-state index contributed by atoms with van der Waals surface area (Å²) in [5.41, 5.74) is 5.42. The lowest BCUT2D eigenvalue weighted by atomic mass is 10.3. The number of carbonyl (C=O) groups is 1. The zero-order chi connectivity index (χ0) is 13.1. The maximum absolute atomic E-state index is 11.8. The molecule has 0 fully saturated rings. The Bertz CT molecular complexity index is 202. The number of nitrogens with two attached hydrogens (primary N) is 1. The van der Waals surface area contributed by atoms with Crippen LogP contribution in [0.5, 0.6) is 0 Å². The van der Waals surface area contributed by atoms with Gasteiger partial charge in [0.05, 0.1) is 6.61 Å². The van der Waals surface area contributed by atoms with Crippen molar-refractivity contribution in [1.29, 1.82) is 0 Å². The number of halogens is 1. The zero-order valence-corrected chi connectivity index (χ0v) is 12.7. The molecule has 1 amide bonds. The van der Waals surface area contributed by atoms with Crippen molar-refractivity contribution in [1.82, 2.24) is 9.80 Å². The Kier molecular flexibility index (Phi) is 14.5. The van der Waals surface area contributed by atoms with Crippen molar-refractivity contribution in [2.45, 2.75) is 20.3 Å². The van der Waals surface area contributed by atoms with E-state index in [1.807, 2.05) is 4.90 Å². The maximum Gasteiger partial charge on any atom is 0.223 e. The minimum atomic E-state index is 0. The molecule has 0 heterocycles. The third-order valence-electron chi connectivity index (χ3n) is 2.86. The molecule has 18 heavy (non-hydrogen) atoms. The van der Waals surface area contributed by atoms with E-state index in [0.717, 1.165) is 26.2 Å². The molecule has 0 aromatic rings. The highest BCUT2D eigenvalue weighted by molar-refractivity contribution is 5.85. The summed E-state index contributed by atoms with van der Waals surface area (Å²) < 4.78 is 5.02. The van der Waals surface area contributed by atoms with E-state index in [4.69, 9.17) is 10.5 Å². The molecule has 110 valence electrons. The standard InChI is InChI=1S/C12H27N3O2.ClH/c1-4-14(5-2)8-9-15(10-11-17-3)12(16)6-7-13;/h4-11,13H2,1-3H3;1H. The van der Waals surface area contributed by atoms with E-state index in [0.29, 0.717) is 26.1 Å². The molecule has 0 unspecified atom stereocenters. The molecule has 0 aliphatic rings. The summed E-state index contributed by atoms with van der Waals surface area (Å²) in [5.74, 6) is 0.122. The molecular formula is C12H28ClN3O2. The molecule has 0 aliphatic heterocycles. The molecule has 0 saturated heterocycles. The lowest BCUT2D eigenvalue weighted by molar-refractivity contribution is -0.131. The van der Waals surface area contributed by atoms with Gasteiger partial charge in [-0.05, 0) is 13.1 Å². The SMILES string of the molecule is CCN(CC)CCN(CCOC)C(=O)CCN.Cl. The second-order valence-electron chi connectivity index (χ2n) is 3.94. The monoisotopic (exact) mass is 281 g/mol. The highest BCUT2D eigenvalue weighted by Crippen LogP contribution is 1.96. The second-order valence-corrected chi connectivity index (χ2v) is 3.94. The van der Waals surface area contributed by atoms with Crippen LogP contribution in [0.3, 0.4) is 0 Å². The van der Waals surface area contributed by atoms with Gasteiger partial charge in [0, 0.05) is 39.7 Å². The van der Waals surface area contributed by atoms with E-state index in [1.165, 1.54) is 0 Å². The van der Waals surface area contributed by atoms with Crippen LogP contribution in [0, 0.1) is 0 Å². The van der Waals surface area contributed by atoms with Crippen molar-refractivity contribution in [3.05, 3.63) is 0 Å². The fraction of sp³-hybridized carbons (Fsp3) is 0.917. The van der Waals surface area contributed by atoms with Crippen LogP contribution in [0.25, 0.3) is 0 Å². The normalized spacial score (nSPS) is 10.3. The number of hydrogen-bond donors (Lipinski definition) is 1. The van der Waals surface area contributed by atoms with Crippen LogP contribution in [0.1, 0.15) is 20.3 Å². The van der Waals surface area contributed by atoms with Gasteiger partial charge in [0.2, 0.25) is 5.91 Å². The number of rotatable bonds is 10. The number of nitrogens with zero attached hydrogens (tertiary/aromatic N) is 2. The molecule has 0 aliphatic carbocycles. The van der Waals surface area contributed by atoms with Crippen molar-refractivity contribution in [2.75, 3.05) is 53.0 Å². The molecule has 0 saturated carbocycles.